The molecule has 3 rings (SSSR count). The second kappa shape index (κ2) is 3.38. The number of nitrogens with zero attached hydrogens (tertiary/aromatic N) is 1. The summed E-state index contributed by atoms with van der Waals surface area (Å²) in [6.45, 7) is 3.01. The van der Waals surface area contributed by atoms with Gasteiger partial charge < -0.3 is 9.73 Å². The number of hydrogen-bond acceptors (Lipinski definition) is 4. The first kappa shape index (κ1) is 8.97. The van der Waals surface area contributed by atoms with Gasteiger partial charge in [-0.3, -0.25) is 0 Å². The lowest BCUT2D eigenvalue weighted by atomic mass is 10.0. The predicted molar refractivity (Wildman–Crippen MR) is 61.4 cm³/mol. The molecule has 0 spiro atoms. The monoisotopic (exact) mass is 220 g/mol. The van der Waals surface area contributed by atoms with Crippen molar-refractivity contribution in [3.8, 4) is 11.3 Å². The summed E-state index contributed by atoms with van der Waals surface area (Å²) >= 11 is 1.76. The molecule has 0 saturated carbocycles. The van der Waals surface area contributed by atoms with Crippen molar-refractivity contribution in [2.24, 2.45) is 0 Å². The Morgan fingerprint density at radius 1 is 1.53 bits per heavy atom. The molecular weight excluding hydrogens is 208 g/mol. The molecule has 0 radical (unpaired) electrons. The molecule has 15 heavy (non-hydrogen) atoms. The minimum absolute atomic E-state index is 0.921. The lowest BCUT2D eigenvalue weighted by molar-refractivity contribution is 0.508. The molecule has 2 heterocycles. The van der Waals surface area contributed by atoms with Crippen LogP contribution in [0.4, 0.5) is 5.13 Å². The Labute approximate surface area is 92.1 Å². The van der Waals surface area contributed by atoms with Crippen molar-refractivity contribution in [3.63, 3.8) is 0 Å². The predicted octanol–water partition coefficient (Wildman–Crippen LogP) is 2.93. The van der Waals surface area contributed by atoms with Crippen LogP contribution in [0.25, 0.3) is 11.3 Å². The van der Waals surface area contributed by atoms with Gasteiger partial charge in [0.1, 0.15) is 5.76 Å². The molecule has 4 heteroatoms. The third kappa shape index (κ3) is 1.36. The molecule has 0 saturated heterocycles. The Morgan fingerprint density at radius 3 is 3.33 bits per heavy atom. The van der Waals surface area contributed by atoms with Gasteiger partial charge >= 0.3 is 0 Å². The number of nitrogens with one attached hydrogen (secondary N) is 1. The maximum absolute atomic E-state index is 5.43. The van der Waals surface area contributed by atoms with Crippen molar-refractivity contribution in [2.75, 3.05) is 11.9 Å². The lowest BCUT2D eigenvalue weighted by Gasteiger charge is -2.07. The van der Waals surface area contributed by atoms with E-state index in [1.807, 2.05) is 6.07 Å². The minimum atomic E-state index is 0.921. The van der Waals surface area contributed by atoms with E-state index >= 15 is 0 Å². The summed E-state index contributed by atoms with van der Waals surface area (Å²) in [5.41, 5.74) is 2.29. The normalized spacial score (nSPS) is 13.4. The molecule has 1 N–H and O–H groups in total. The molecule has 2 aromatic heterocycles. The minimum Gasteiger partial charge on any atom is -0.469 e. The van der Waals surface area contributed by atoms with Crippen LogP contribution in [0.5, 0.6) is 0 Å². The van der Waals surface area contributed by atoms with Gasteiger partial charge in [0.25, 0.3) is 0 Å². The highest BCUT2D eigenvalue weighted by Crippen LogP contribution is 2.38. The molecule has 1 aliphatic rings. The van der Waals surface area contributed by atoms with Gasteiger partial charge in [-0.2, -0.15) is 0 Å². The second-order valence-electron chi connectivity index (χ2n) is 3.58. The Kier molecular flexibility index (Phi) is 2.02. The van der Waals surface area contributed by atoms with Crippen molar-refractivity contribution < 1.29 is 4.42 Å². The highest BCUT2D eigenvalue weighted by Gasteiger charge is 2.22. The first-order valence-electron chi connectivity index (χ1n) is 5.19. The fourth-order valence-electron chi connectivity index (χ4n) is 1.93. The molecule has 1 aliphatic carbocycles. The Bertz CT molecular complexity index is 486. The summed E-state index contributed by atoms with van der Waals surface area (Å²) in [5, 5.41) is 4.29. The summed E-state index contributed by atoms with van der Waals surface area (Å²) in [6, 6.07) is 2.02. The summed E-state index contributed by atoms with van der Waals surface area (Å²) in [4.78, 5) is 5.98. The number of aryl methyl sites for hydroxylation is 2. The van der Waals surface area contributed by atoms with Crippen molar-refractivity contribution in [2.45, 2.75) is 19.8 Å². The van der Waals surface area contributed by atoms with Crippen LogP contribution in [0.2, 0.25) is 0 Å². The van der Waals surface area contributed by atoms with Crippen LogP contribution in [-0.2, 0) is 12.8 Å². The van der Waals surface area contributed by atoms with Gasteiger partial charge in [-0.05, 0) is 19.4 Å². The van der Waals surface area contributed by atoms with Gasteiger partial charge in [0.15, 0.2) is 5.13 Å². The van der Waals surface area contributed by atoms with Gasteiger partial charge in [-0.25, -0.2) is 4.98 Å². The number of hydrogen-bond donors (Lipinski definition) is 1. The molecule has 3 nitrogen and oxygen atoms in total. The van der Waals surface area contributed by atoms with Crippen molar-refractivity contribution in [1.82, 2.24) is 4.98 Å². The molecule has 78 valence electrons. The van der Waals surface area contributed by atoms with Gasteiger partial charge in [-0.15, -0.1) is 11.3 Å². The molecular formula is C11H12N2OS. The van der Waals surface area contributed by atoms with Gasteiger partial charge in [-0.1, -0.05) is 0 Å². The number of aromatic nitrogens is 1. The molecule has 0 amide bonds. The summed E-state index contributed by atoms with van der Waals surface area (Å²) in [7, 11) is 0. The van der Waals surface area contributed by atoms with Gasteiger partial charge in [0, 0.05) is 23.4 Å². The molecule has 2 aromatic rings. The number of furan rings is 1. The molecule has 0 aliphatic heterocycles. The average Bonchev–Trinajstić information content (AvgIpc) is 2.80. The van der Waals surface area contributed by atoms with E-state index in [1.54, 1.807) is 17.6 Å². The fourth-order valence-corrected chi connectivity index (χ4v) is 2.97. The van der Waals surface area contributed by atoms with Crippen LogP contribution >= 0.6 is 11.3 Å². The molecule has 0 fully saturated rings. The quantitative estimate of drug-likeness (QED) is 0.845. The lowest BCUT2D eigenvalue weighted by Crippen LogP contribution is -1.98. The van der Waals surface area contributed by atoms with E-state index in [9.17, 15) is 0 Å². The first-order chi connectivity index (χ1) is 7.38. The van der Waals surface area contributed by atoms with Gasteiger partial charge in [0.2, 0.25) is 0 Å². The first-order valence-corrected chi connectivity index (χ1v) is 6.00. The number of fused-ring (bicyclic) bond motifs is 3. The highest BCUT2D eigenvalue weighted by atomic mass is 32.1. The molecule has 0 bridgehead atoms. The number of rotatable bonds is 2. The van der Waals surface area contributed by atoms with Crippen LogP contribution in [0.3, 0.4) is 0 Å². The standard InChI is InChI=1S/C11H12N2OS/c1-2-12-11-13-10-7-5-6-14-8(7)3-4-9(10)15-11/h5-6H,2-4H2,1H3,(H,12,13). The van der Waals surface area contributed by atoms with Crippen LogP contribution in [-0.4, -0.2) is 11.5 Å². The largest absolute Gasteiger partial charge is 0.469 e. The maximum atomic E-state index is 5.43. The van der Waals surface area contributed by atoms with Crippen LogP contribution in [0.1, 0.15) is 17.6 Å². The zero-order valence-corrected chi connectivity index (χ0v) is 9.36. The van der Waals surface area contributed by atoms with Crippen LogP contribution in [0, 0.1) is 0 Å². The van der Waals surface area contributed by atoms with E-state index in [2.05, 4.69) is 17.2 Å². The van der Waals surface area contributed by atoms with E-state index in [0.717, 1.165) is 36.0 Å². The summed E-state index contributed by atoms with van der Waals surface area (Å²) < 4.78 is 5.43. The molecule has 0 aromatic carbocycles. The topological polar surface area (TPSA) is 38.1 Å². The number of thiazole rings is 1. The Morgan fingerprint density at radius 2 is 2.47 bits per heavy atom. The van der Waals surface area contributed by atoms with Crippen LogP contribution < -0.4 is 5.32 Å². The zero-order valence-electron chi connectivity index (χ0n) is 8.54. The summed E-state index contributed by atoms with van der Waals surface area (Å²) in [6.07, 6.45) is 3.81. The summed E-state index contributed by atoms with van der Waals surface area (Å²) in [5.74, 6) is 1.08. The van der Waals surface area contributed by atoms with Crippen molar-refractivity contribution in [1.29, 1.82) is 0 Å². The van der Waals surface area contributed by atoms with Crippen molar-refractivity contribution >= 4 is 16.5 Å². The third-order valence-corrected chi connectivity index (χ3v) is 3.68. The fraction of sp³-hybridized carbons (Fsp3) is 0.364. The SMILES string of the molecule is CCNc1nc2c(s1)CCc1occc1-2. The van der Waals surface area contributed by atoms with E-state index in [-0.39, 0.29) is 0 Å². The van der Waals surface area contributed by atoms with Crippen molar-refractivity contribution in [3.05, 3.63) is 23.0 Å². The highest BCUT2D eigenvalue weighted by molar-refractivity contribution is 7.16. The van der Waals surface area contributed by atoms with E-state index < -0.39 is 0 Å². The van der Waals surface area contributed by atoms with Crippen LogP contribution in [0.15, 0.2) is 16.7 Å². The Hall–Kier alpha value is -1.29. The second-order valence-corrected chi connectivity index (χ2v) is 4.66. The van der Waals surface area contributed by atoms with Gasteiger partial charge in [0.05, 0.1) is 12.0 Å². The Balaban J connectivity index is 2.08. The van der Waals surface area contributed by atoms with E-state index in [4.69, 9.17) is 4.42 Å². The smallest absolute Gasteiger partial charge is 0.183 e. The van der Waals surface area contributed by atoms with E-state index in [0.29, 0.717) is 0 Å². The van der Waals surface area contributed by atoms with E-state index in [1.165, 1.54) is 10.4 Å². The number of anilines is 1. The molecule has 0 atom stereocenters. The molecule has 0 unspecified atom stereocenters. The zero-order chi connectivity index (χ0) is 10.3. The average molecular weight is 220 g/mol. The third-order valence-electron chi connectivity index (χ3n) is 2.61. The maximum Gasteiger partial charge on any atom is 0.183 e.